The Morgan fingerprint density at radius 3 is 2.41 bits per heavy atom. The Morgan fingerprint density at radius 1 is 1.03 bits per heavy atom. The molecular formula is C18H11Cl2F3N8O. The minimum Gasteiger partial charge on any atom is -0.320 e. The Morgan fingerprint density at radius 2 is 1.75 bits per heavy atom. The second-order valence-electron chi connectivity index (χ2n) is 6.41. The molecule has 4 rings (SSSR count). The second kappa shape index (κ2) is 8.20. The molecule has 0 aromatic carbocycles. The number of hydrogen-bond donors (Lipinski definition) is 1. The molecule has 0 unspecified atom stereocenters. The summed E-state index contributed by atoms with van der Waals surface area (Å²) >= 11 is 12.0. The van der Waals surface area contributed by atoms with E-state index in [1.807, 2.05) is 0 Å². The van der Waals surface area contributed by atoms with E-state index in [9.17, 15) is 18.0 Å². The number of nitrogens with one attached hydrogen (secondary N) is 1. The number of carbonyl (C=O) groups excluding carboxylic acids is 1. The van der Waals surface area contributed by atoms with Crippen LogP contribution in [0, 0.1) is 6.92 Å². The van der Waals surface area contributed by atoms with Gasteiger partial charge in [0.25, 0.3) is 5.91 Å². The van der Waals surface area contributed by atoms with Crippen LogP contribution in [0.25, 0.3) is 11.5 Å². The molecule has 0 spiro atoms. The Hall–Kier alpha value is -3.51. The number of halogens is 5. The van der Waals surface area contributed by atoms with Crippen molar-refractivity contribution in [1.82, 2.24) is 34.7 Å². The zero-order valence-electron chi connectivity index (χ0n) is 16.0. The van der Waals surface area contributed by atoms with Gasteiger partial charge < -0.3 is 5.32 Å². The SMILES string of the molecule is Cc1cnc(Cl)cc1-n1ncc(C(=O)Nc2cnc(-n3nccn3)c(Cl)c2)c1C(F)(F)F. The van der Waals surface area contributed by atoms with Crippen LogP contribution in [-0.4, -0.2) is 40.6 Å². The van der Waals surface area contributed by atoms with Gasteiger partial charge in [-0.25, -0.2) is 14.6 Å². The highest BCUT2D eigenvalue weighted by Gasteiger charge is 2.41. The van der Waals surface area contributed by atoms with Crippen molar-refractivity contribution < 1.29 is 18.0 Å². The third-order valence-electron chi connectivity index (χ3n) is 4.24. The predicted molar refractivity (Wildman–Crippen MR) is 108 cm³/mol. The lowest BCUT2D eigenvalue weighted by molar-refractivity contribution is -0.143. The third-order valence-corrected chi connectivity index (χ3v) is 4.72. The molecule has 1 N–H and O–H groups in total. The first kappa shape index (κ1) is 21.7. The van der Waals surface area contributed by atoms with Gasteiger partial charge in [-0.15, -0.1) is 4.80 Å². The predicted octanol–water partition coefficient (Wildman–Crippen LogP) is 4.13. The highest BCUT2D eigenvalue weighted by atomic mass is 35.5. The Labute approximate surface area is 187 Å². The van der Waals surface area contributed by atoms with E-state index in [2.05, 4.69) is 30.6 Å². The van der Waals surface area contributed by atoms with Crippen LogP contribution in [0.2, 0.25) is 10.2 Å². The van der Waals surface area contributed by atoms with Crippen LogP contribution in [0.1, 0.15) is 21.6 Å². The summed E-state index contributed by atoms with van der Waals surface area (Å²) in [5, 5.41) is 14.0. The number of pyridine rings is 2. The minimum atomic E-state index is -4.89. The molecule has 164 valence electrons. The van der Waals surface area contributed by atoms with Crippen molar-refractivity contribution in [2.45, 2.75) is 13.1 Å². The van der Waals surface area contributed by atoms with E-state index < -0.39 is 23.3 Å². The molecule has 0 atom stereocenters. The van der Waals surface area contributed by atoms with E-state index in [1.54, 1.807) is 6.92 Å². The van der Waals surface area contributed by atoms with Gasteiger partial charge in [-0.1, -0.05) is 23.2 Å². The lowest BCUT2D eigenvalue weighted by atomic mass is 10.2. The summed E-state index contributed by atoms with van der Waals surface area (Å²) in [7, 11) is 0. The van der Waals surface area contributed by atoms with E-state index >= 15 is 0 Å². The molecule has 14 heteroatoms. The number of nitrogens with zero attached hydrogens (tertiary/aromatic N) is 7. The summed E-state index contributed by atoms with van der Waals surface area (Å²) in [4.78, 5) is 21.7. The van der Waals surface area contributed by atoms with E-state index in [4.69, 9.17) is 23.2 Å². The van der Waals surface area contributed by atoms with Crippen molar-refractivity contribution in [3.8, 4) is 11.5 Å². The summed E-state index contributed by atoms with van der Waals surface area (Å²) in [5.74, 6) is -0.868. The summed E-state index contributed by atoms with van der Waals surface area (Å²) in [6.45, 7) is 1.55. The van der Waals surface area contributed by atoms with Crippen LogP contribution in [0.4, 0.5) is 18.9 Å². The molecule has 4 heterocycles. The fourth-order valence-corrected chi connectivity index (χ4v) is 3.25. The van der Waals surface area contributed by atoms with Crippen molar-refractivity contribution >= 4 is 34.8 Å². The first-order chi connectivity index (χ1) is 15.1. The fourth-order valence-electron chi connectivity index (χ4n) is 2.86. The lowest BCUT2D eigenvalue weighted by Gasteiger charge is -2.14. The van der Waals surface area contributed by atoms with E-state index in [0.717, 1.165) is 11.0 Å². The van der Waals surface area contributed by atoms with Gasteiger partial charge in [0.1, 0.15) is 5.15 Å². The van der Waals surface area contributed by atoms with Crippen molar-refractivity contribution in [2.75, 3.05) is 5.32 Å². The molecule has 0 radical (unpaired) electrons. The zero-order valence-corrected chi connectivity index (χ0v) is 17.5. The molecule has 4 aromatic heterocycles. The number of carbonyl (C=O) groups is 1. The molecule has 32 heavy (non-hydrogen) atoms. The summed E-state index contributed by atoms with van der Waals surface area (Å²) in [6.07, 6.45) is 1.29. The normalized spacial score (nSPS) is 11.6. The molecular weight excluding hydrogens is 472 g/mol. The Balaban J connectivity index is 1.70. The molecule has 0 aliphatic rings. The molecule has 0 bridgehead atoms. The maximum absolute atomic E-state index is 13.9. The smallest absolute Gasteiger partial charge is 0.320 e. The fraction of sp³-hybridized carbons (Fsp3) is 0.111. The van der Waals surface area contributed by atoms with Crippen molar-refractivity contribution in [3.05, 3.63) is 70.1 Å². The highest BCUT2D eigenvalue weighted by molar-refractivity contribution is 6.32. The van der Waals surface area contributed by atoms with Crippen LogP contribution in [0.15, 0.2) is 43.1 Å². The van der Waals surface area contributed by atoms with Gasteiger partial charge in [0.05, 0.1) is 46.7 Å². The largest absolute Gasteiger partial charge is 0.434 e. The minimum absolute atomic E-state index is 0.0206. The van der Waals surface area contributed by atoms with Gasteiger partial charge in [0.2, 0.25) is 0 Å². The maximum atomic E-state index is 13.9. The number of hydrogen-bond acceptors (Lipinski definition) is 6. The van der Waals surface area contributed by atoms with E-state index in [1.165, 1.54) is 36.9 Å². The molecule has 0 aliphatic heterocycles. The first-order valence-corrected chi connectivity index (χ1v) is 9.52. The molecule has 0 aliphatic carbocycles. The number of rotatable bonds is 4. The highest BCUT2D eigenvalue weighted by Crippen LogP contribution is 2.35. The van der Waals surface area contributed by atoms with Gasteiger partial charge in [0, 0.05) is 12.3 Å². The van der Waals surface area contributed by atoms with Crippen LogP contribution in [-0.2, 0) is 6.18 Å². The van der Waals surface area contributed by atoms with Gasteiger partial charge in [-0.2, -0.15) is 28.5 Å². The molecule has 0 fully saturated rings. The van der Waals surface area contributed by atoms with Gasteiger partial charge in [-0.3, -0.25) is 4.79 Å². The van der Waals surface area contributed by atoms with Crippen molar-refractivity contribution in [1.29, 1.82) is 0 Å². The van der Waals surface area contributed by atoms with Gasteiger partial charge in [0.15, 0.2) is 11.5 Å². The van der Waals surface area contributed by atoms with Gasteiger partial charge in [-0.05, 0) is 18.6 Å². The third kappa shape index (κ3) is 4.14. The summed E-state index contributed by atoms with van der Waals surface area (Å²) in [6, 6.07) is 2.54. The number of amides is 1. The van der Waals surface area contributed by atoms with E-state index in [0.29, 0.717) is 10.2 Å². The quantitative estimate of drug-likeness (QED) is 0.438. The van der Waals surface area contributed by atoms with Crippen LogP contribution in [0.5, 0.6) is 0 Å². The topological polar surface area (TPSA) is 103 Å². The molecule has 0 saturated heterocycles. The standard InChI is InChI=1S/C18H11Cl2F3N8O/c1-9-6-24-14(20)5-13(9)30-15(18(21,22)23)11(8-28-30)17(32)29-10-4-12(19)16(25-7-10)31-26-2-3-27-31/h2-8H,1H3,(H,29,32). The second-order valence-corrected chi connectivity index (χ2v) is 7.21. The number of alkyl halides is 3. The van der Waals surface area contributed by atoms with Crippen LogP contribution in [0.3, 0.4) is 0 Å². The molecule has 4 aromatic rings. The average Bonchev–Trinajstić information content (AvgIpc) is 3.39. The number of anilines is 1. The van der Waals surface area contributed by atoms with E-state index in [-0.39, 0.29) is 27.4 Å². The van der Waals surface area contributed by atoms with Crippen LogP contribution < -0.4 is 5.32 Å². The maximum Gasteiger partial charge on any atom is 0.434 e. The zero-order chi connectivity index (χ0) is 23.0. The molecule has 9 nitrogen and oxygen atoms in total. The van der Waals surface area contributed by atoms with Crippen molar-refractivity contribution in [3.63, 3.8) is 0 Å². The number of aromatic nitrogens is 7. The Bertz CT molecular complexity index is 1300. The lowest BCUT2D eigenvalue weighted by Crippen LogP contribution is -2.21. The number of aryl methyl sites for hydroxylation is 1. The van der Waals surface area contributed by atoms with Crippen LogP contribution >= 0.6 is 23.2 Å². The molecule has 1 amide bonds. The monoisotopic (exact) mass is 482 g/mol. The van der Waals surface area contributed by atoms with Crippen molar-refractivity contribution in [2.24, 2.45) is 0 Å². The first-order valence-electron chi connectivity index (χ1n) is 8.76. The average molecular weight is 483 g/mol. The summed E-state index contributed by atoms with van der Waals surface area (Å²) in [5.41, 5.74) is -1.47. The Kier molecular flexibility index (Phi) is 5.57. The molecule has 0 saturated carbocycles. The summed E-state index contributed by atoms with van der Waals surface area (Å²) < 4.78 is 42.3. The van der Waals surface area contributed by atoms with Gasteiger partial charge >= 0.3 is 6.18 Å².